The van der Waals surface area contributed by atoms with Gasteiger partial charge in [0, 0.05) is 19.8 Å². The lowest BCUT2D eigenvalue weighted by Gasteiger charge is -2.07. The minimum atomic E-state index is -0.430. The van der Waals surface area contributed by atoms with E-state index in [0.717, 1.165) is 5.56 Å². The molecule has 0 aliphatic heterocycles. The van der Waals surface area contributed by atoms with Gasteiger partial charge in [-0.25, -0.2) is 4.98 Å². The van der Waals surface area contributed by atoms with Crippen LogP contribution in [0.1, 0.15) is 5.56 Å². The highest BCUT2D eigenvalue weighted by Gasteiger charge is 2.10. The number of rotatable bonds is 4. The molecule has 4 rings (SSSR count). The smallest absolute Gasteiger partial charge is 0.267 e. The Morgan fingerprint density at radius 3 is 2.68 bits per heavy atom. The second-order valence-corrected chi connectivity index (χ2v) is 6.36. The molecule has 0 radical (unpaired) electrons. The molecule has 1 amide bonds. The number of hydrogen-bond acceptors (Lipinski definition) is 4. The minimum Gasteiger partial charge on any atom is -0.328 e. The highest BCUT2D eigenvalue weighted by Crippen LogP contribution is 2.03. The average Bonchev–Trinajstić information content (AvgIpc) is 3.08. The Morgan fingerprint density at radius 1 is 1.07 bits per heavy atom. The van der Waals surface area contributed by atoms with Crippen LogP contribution >= 0.6 is 0 Å². The molecule has 8 heteroatoms. The van der Waals surface area contributed by atoms with Gasteiger partial charge in [0.1, 0.15) is 23.7 Å². The summed E-state index contributed by atoms with van der Waals surface area (Å²) in [5.74, 6) is -0.430. The third-order valence-corrected chi connectivity index (χ3v) is 4.38. The number of aromatic nitrogens is 5. The predicted molar refractivity (Wildman–Crippen MR) is 103 cm³/mol. The van der Waals surface area contributed by atoms with Gasteiger partial charge in [-0.3, -0.25) is 18.8 Å². The standard InChI is InChI=1S/C20H18N6O2/c1-24-19-16(11-22-24)20(28)26(14-21-19)13-18(27)23-17-9-5-6-10-25(17)12-15-7-3-2-4-8-15/h2-11,14H,12-13H2,1H3. The number of aryl methyl sites for hydroxylation is 1. The van der Waals surface area contributed by atoms with Crippen molar-refractivity contribution in [3.05, 3.63) is 88.7 Å². The van der Waals surface area contributed by atoms with Crippen LogP contribution in [0, 0.1) is 0 Å². The Hall–Kier alpha value is -3.81. The van der Waals surface area contributed by atoms with Gasteiger partial charge in [-0.2, -0.15) is 10.1 Å². The van der Waals surface area contributed by atoms with Crippen molar-refractivity contribution in [2.45, 2.75) is 13.1 Å². The maximum Gasteiger partial charge on any atom is 0.267 e. The molecule has 0 saturated heterocycles. The quantitative estimate of drug-likeness (QED) is 0.535. The van der Waals surface area contributed by atoms with E-state index < -0.39 is 5.91 Å². The molecule has 1 aromatic carbocycles. The van der Waals surface area contributed by atoms with Crippen molar-refractivity contribution in [3.63, 3.8) is 0 Å². The number of hydrogen-bond donors (Lipinski definition) is 0. The molecule has 0 fully saturated rings. The topological polar surface area (TPSA) is 87.1 Å². The van der Waals surface area contributed by atoms with Crippen molar-refractivity contribution in [3.8, 4) is 0 Å². The average molecular weight is 374 g/mol. The summed E-state index contributed by atoms with van der Waals surface area (Å²) < 4.78 is 4.66. The Morgan fingerprint density at radius 2 is 1.86 bits per heavy atom. The van der Waals surface area contributed by atoms with Crippen LogP contribution in [0.15, 0.2) is 77.0 Å². The van der Waals surface area contributed by atoms with Crippen LogP contribution < -0.4 is 11.0 Å². The minimum absolute atomic E-state index is 0.184. The first kappa shape index (κ1) is 17.6. The van der Waals surface area contributed by atoms with Crippen LogP contribution in [0.25, 0.3) is 11.0 Å². The molecule has 8 nitrogen and oxygen atoms in total. The normalized spacial score (nSPS) is 11.8. The van der Waals surface area contributed by atoms with E-state index >= 15 is 0 Å². The summed E-state index contributed by atoms with van der Waals surface area (Å²) in [4.78, 5) is 33.4. The monoisotopic (exact) mass is 374 g/mol. The number of pyridine rings is 1. The number of benzene rings is 1. The van der Waals surface area contributed by atoms with E-state index in [1.165, 1.54) is 21.8 Å². The maximum atomic E-state index is 12.5. The maximum absolute atomic E-state index is 12.5. The first-order valence-corrected chi connectivity index (χ1v) is 8.76. The Balaban J connectivity index is 1.62. The molecule has 0 saturated carbocycles. The Labute approximate surface area is 160 Å². The highest BCUT2D eigenvalue weighted by molar-refractivity contribution is 5.77. The fourth-order valence-corrected chi connectivity index (χ4v) is 2.97. The summed E-state index contributed by atoms with van der Waals surface area (Å²) in [6, 6.07) is 15.4. The molecule has 3 heterocycles. The van der Waals surface area contributed by atoms with E-state index in [1.54, 1.807) is 13.1 Å². The molecular formula is C20H18N6O2. The third kappa shape index (κ3) is 3.52. The van der Waals surface area contributed by atoms with Gasteiger partial charge in [-0.15, -0.1) is 0 Å². The Bertz CT molecular complexity index is 1270. The zero-order chi connectivity index (χ0) is 19.5. The lowest BCUT2D eigenvalue weighted by molar-refractivity contribution is -0.118. The van der Waals surface area contributed by atoms with E-state index in [4.69, 9.17) is 0 Å². The summed E-state index contributed by atoms with van der Waals surface area (Å²) >= 11 is 0. The van der Waals surface area contributed by atoms with Crippen molar-refractivity contribution in [1.29, 1.82) is 0 Å². The molecule has 0 N–H and O–H groups in total. The number of carbonyl (C=O) groups excluding carboxylic acids is 1. The summed E-state index contributed by atoms with van der Waals surface area (Å²) in [6.45, 7) is 0.411. The molecule has 3 aromatic heterocycles. The summed E-state index contributed by atoms with van der Waals surface area (Å²) in [7, 11) is 1.71. The number of fused-ring (bicyclic) bond motifs is 1. The van der Waals surface area contributed by atoms with Gasteiger partial charge in [-0.1, -0.05) is 36.4 Å². The van der Waals surface area contributed by atoms with E-state index in [0.29, 0.717) is 23.1 Å². The molecule has 140 valence electrons. The zero-order valence-electron chi connectivity index (χ0n) is 15.3. The SMILES string of the molecule is Cn1ncc2c(=O)n(CC(=O)N=c3ccccn3Cc3ccccc3)cnc21. The highest BCUT2D eigenvalue weighted by atomic mass is 16.2. The molecule has 0 spiro atoms. The van der Waals surface area contributed by atoms with E-state index in [2.05, 4.69) is 15.1 Å². The van der Waals surface area contributed by atoms with Crippen molar-refractivity contribution in [1.82, 2.24) is 23.9 Å². The molecular weight excluding hydrogens is 356 g/mol. The van der Waals surface area contributed by atoms with Crippen LogP contribution in [-0.4, -0.2) is 29.8 Å². The van der Waals surface area contributed by atoms with E-state index in [-0.39, 0.29) is 12.1 Å². The predicted octanol–water partition coefficient (Wildman–Crippen LogP) is 1.11. The van der Waals surface area contributed by atoms with Crippen LogP contribution in [-0.2, 0) is 24.9 Å². The van der Waals surface area contributed by atoms with Gasteiger partial charge >= 0.3 is 0 Å². The fourth-order valence-electron chi connectivity index (χ4n) is 2.97. The first-order chi connectivity index (χ1) is 13.6. The molecule has 4 aromatic rings. The van der Waals surface area contributed by atoms with Gasteiger partial charge in [-0.05, 0) is 17.7 Å². The fraction of sp³-hybridized carbons (Fsp3) is 0.150. The lowest BCUT2D eigenvalue weighted by Crippen LogP contribution is -2.27. The van der Waals surface area contributed by atoms with Gasteiger partial charge in [0.25, 0.3) is 11.5 Å². The molecule has 0 aliphatic carbocycles. The van der Waals surface area contributed by atoms with Gasteiger partial charge in [0.2, 0.25) is 0 Å². The van der Waals surface area contributed by atoms with Gasteiger partial charge in [0.05, 0.1) is 6.20 Å². The molecule has 0 aliphatic rings. The molecule has 0 unspecified atom stereocenters. The van der Waals surface area contributed by atoms with Crippen molar-refractivity contribution >= 4 is 16.9 Å². The largest absolute Gasteiger partial charge is 0.328 e. The second-order valence-electron chi connectivity index (χ2n) is 6.36. The number of nitrogens with zero attached hydrogens (tertiary/aromatic N) is 6. The van der Waals surface area contributed by atoms with Crippen LogP contribution in [0.2, 0.25) is 0 Å². The first-order valence-electron chi connectivity index (χ1n) is 8.76. The summed E-state index contributed by atoms with van der Waals surface area (Å²) in [5.41, 5.74) is 1.80. The summed E-state index contributed by atoms with van der Waals surface area (Å²) in [6.07, 6.45) is 4.67. The second kappa shape index (κ2) is 7.43. The van der Waals surface area contributed by atoms with Gasteiger partial charge in [0.15, 0.2) is 5.65 Å². The number of carbonyl (C=O) groups is 1. The third-order valence-electron chi connectivity index (χ3n) is 4.38. The molecule has 0 bridgehead atoms. The zero-order valence-corrected chi connectivity index (χ0v) is 15.3. The Kier molecular flexibility index (Phi) is 4.67. The van der Waals surface area contributed by atoms with Crippen molar-refractivity contribution < 1.29 is 4.79 Å². The van der Waals surface area contributed by atoms with E-state index in [9.17, 15) is 9.59 Å². The molecule has 28 heavy (non-hydrogen) atoms. The van der Waals surface area contributed by atoms with Crippen LogP contribution in [0.5, 0.6) is 0 Å². The van der Waals surface area contributed by atoms with Gasteiger partial charge < -0.3 is 4.57 Å². The summed E-state index contributed by atoms with van der Waals surface area (Å²) in [5, 5.41) is 4.40. The van der Waals surface area contributed by atoms with Crippen molar-refractivity contribution in [2.24, 2.45) is 12.0 Å². The van der Waals surface area contributed by atoms with E-state index in [1.807, 2.05) is 53.2 Å². The lowest BCUT2D eigenvalue weighted by atomic mass is 10.2. The van der Waals surface area contributed by atoms with Crippen LogP contribution in [0.4, 0.5) is 0 Å². The molecule has 0 atom stereocenters. The van der Waals surface area contributed by atoms with Crippen molar-refractivity contribution in [2.75, 3.05) is 0 Å². The number of amides is 1. The van der Waals surface area contributed by atoms with Crippen LogP contribution in [0.3, 0.4) is 0 Å².